The first-order valence-electron chi connectivity index (χ1n) is 8.89. The summed E-state index contributed by atoms with van der Waals surface area (Å²) >= 11 is 0. The molecule has 0 bridgehead atoms. The van der Waals surface area contributed by atoms with Gasteiger partial charge in [-0.2, -0.15) is 9.97 Å². The number of piperazine rings is 1. The number of aryl methyl sites for hydroxylation is 2. The Kier molecular flexibility index (Phi) is 5.63. The van der Waals surface area contributed by atoms with Gasteiger partial charge in [-0.05, 0) is 6.92 Å². The minimum atomic E-state index is -1.17. The van der Waals surface area contributed by atoms with E-state index in [-0.39, 0.29) is 17.3 Å². The van der Waals surface area contributed by atoms with E-state index in [0.717, 1.165) is 32.1 Å². The van der Waals surface area contributed by atoms with Gasteiger partial charge in [0.15, 0.2) is 11.2 Å². The van der Waals surface area contributed by atoms with E-state index in [4.69, 9.17) is 10.8 Å². The third kappa shape index (κ3) is 3.96. The summed E-state index contributed by atoms with van der Waals surface area (Å²) in [4.78, 5) is 46.1. The lowest BCUT2D eigenvalue weighted by atomic mass is 10.4. The van der Waals surface area contributed by atoms with Crippen molar-refractivity contribution >= 4 is 29.0 Å². The maximum atomic E-state index is 12.1. The number of aromatic nitrogens is 7. The Morgan fingerprint density at radius 3 is 2.45 bits per heavy atom. The Balaban J connectivity index is 0.000000224. The van der Waals surface area contributed by atoms with Crippen LogP contribution in [0.5, 0.6) is 0 Å². The normalized spacial score (nSPS) is 13.9. The Morgan fingerprint density at radius 1 is 1.24 bits per heavy atom. The fourth-order valence-electron chi connectivity index (χ4n) is 3.00. The predicted molar refractivity (Wildman–Crippen MR) is 104 cm³/mol. The van der Waals surface area contributed by atoms with Crippen LogP contribution < -0.4 is 27.2 Å². The van der Waals surface area contributed by atoms with Crippen LogP contribution in [0.1, 0.15) is 17.5 Å². The smallest absolute Gasteiger partial charge is 0.373 e. The van der Waals surface area contributed by atoms with E-state index in [0.29, 0.717) is 17.7 Å². The molecule has 156 valence electrons. The summed E-state index contributed by atoms with van der Waals surface area (Å²) in [5.41, 5.74) is 5.09. The van der Waals surface area contributed by atoms with Gasteiger partial charge in [0.05, 0.1) is 0 Å². The van der Waals surface area contributed by atoms with Gasteiger partial charge in [-0.15, -0.1) is 5.10 Å². The van der Waals surface area contributed by atoms with E-state index < -0.39 is 11.7 Å². The molecule has 1 fully saturated rings. The number of hydrogen-bond acceptors (Lipinski definition) is 9. The van der Waals surface area contributed by atoms with Crippen LogP contribution in [0, 0.1) is 0 Å². The average Bonchev–Trinajstić information content (AvgIpc) is 3.31. The summed E-state index contributed by atoms with van der Waals surface area (Å²) in [6, 6.07) is 0. The predicted octanol–water partition coefficient (Wildman–Crippen LogP) is -2.06. The molecule has 1 aliphatic rings. The fourth-order valence-corrected chi connectivity index (χ4v) is 3.00. The van der Waals surface area contributed by atoms with Crippen LogP contribution in [0.2, 0.25) is 0 Å². The number of nitrogens with one attached hydrogen (secondary N) is 3. The average molecular weight is 406 g/mol. The number of H-pyrrole nitrogens is 2. The molecule has 4 rings (SSSR count). The zero-order valence-corrected chi connectivity index (χ0v) is 16.0. The van der Waals surface area contributed by atoms with Crippen LogP contribution in [0.3, 0.4) is 0 Å². The highest BCUT2D eigenvalue weighted by Crippen LogP contribution is 2.19. The first-order valence-corrected chi connectivity index (χ1v) is 8.89. The number of aromatic amines is 2. The SMILES string of the molecule is CCn1c(N2CCNCC2)nc2c1c(=O)[nH]c(=O)n2C.Nc1n[nH]c(C(=O)O)n1. The lowest BCUT2D eigenvalue weighted by Gasteiger charge is -2.28. The number of nitrogens with two attached hydrogens (primary N) is 1. The summed E-state index contributed by atoms with van der Waals surface area (Å²) in [7, 11) is 1.62. The lowest BCUT2D eigenvalue weighted by molar-refractivity contribution is 0.0684. The molecule has 3 aromatic rings. The number of fused-ring (bicyclic) bond motifs is 1. The zero-order chi connectivity index (χ0) is 21.1. The molecule has 0 atom stereocenters. The standard InChI is InChI=1S/C12H18N6O2.C3H4N4O2/c1-3-18-8-9(16(2)12(20)15-10(8)19)14-11(18)17-6-4-13-5-7-17;4-3-5-1(2(8)9)6-7-3/h13H,3-7H2,1-2H3,(H,15,19,20);(H,8,9)(H3,4,5,6,7). The third-order valence-corrected chi connectivity index (χ3v) is 4.41. The molecule has 0 amide bonds. The van der Waals surface area contributed by atoms with Gasteiger partial charge in [0.25, 0.3) is 5.56 Å². The molecule has 0 saturated carbocycles. The molecule has 0 radical (unpaired) electrons. The number of nitrogens with zero attached hydrogens (tertiary/aromatic N) is 6. The Bertz CT molecular complexity index is 1130. The highest BCUT2D eigenvalue weighted by atomic mass is 16.4. The van der Waals surface area contributed by atoms with Crippen LogP contribution in [-0.4, -0.2) is 71.5 Å². The Morgan fingerprint density at radius 2 is 1.93 bits per heavy atom. The van der Waals surface area contributed by atoms with E-state index in [1.165, 1.54) is 4.57 Å². The maximum Gasteiger partial charge on any atom is 0.373 e. The molecule has 0 aliphatic carbocycles. The number of aromatic carboxylic acids is 1. The van der Waals surface area contributed by atoms with Crippen molar-refractivity contribution in [2.45, 2.75) is 13.5 Å². The molecule has 6 N–H and O–H groups in total. The number of carbonyl (C=O) groups is 1. The molecular formula is C15H22N10O4. The number of rotatable bonds is 3. The van der Waals surface area contributed by atoms with E-state index in [1.807, 2.05) is 11.5 Å². The molecule has 0 spiro atoms. The highest BCUT2D eigenvalue weighted by molar-refractivity contribution is 5.83. The molecular weight excluding hydrogens is 384 g/mol. The molecule has 0 unspecified atom stereocenters. The topological polar surface area (TPSA) is 193 Å². The van der Waals surface area contributed by atoms with Crippen molar-refractivity contribution in [3.05, 3.63) is 26.7 Å². The molecule has 4 heterocycles. The van der Waals surface area contributed by atoms with Crippen molar-refractivity contribution in [3.8, 4) is 0 Å². The molecule has 14 heteroatoms. The molecule has 1 aliphatic heterocycles. The summed E-state index contributed by atoms with van der Waals surface area (Å²) in [5, 5.41) is 16.9. The maximum absolute atomic E-state index is 12.1. The highest BCUT2D eigenvalue weighted by Gasteiger charge is 2.21. The van der Waals surface area contributed by atoms with E-state index in [2.05, 4.69) is 35.4 Å². The van der Waals surface area contributed by atoms with Gasteiger partial charge < -0.3 is 25.6 Å². The van der Waals surface area contributed by atoms with Crippen molar-refractivity contribution in [2.24, 2.45) is 7.05 Å². The minimum Gasteiger partial charge on any atom is -0.475 e. The summed E-state index contributed by atoms with van der Waals surface area (Å²) < 4.78 is 3.26. The van der Waals surface area contributed by atoms with Crippen molar-refractivity contribution in [2.75, 3.05) is 36.8 Å². The van der Waals surface area contributed by atoms with Crippen LogP contribution in [0.4, 0.5) is 11.9 Å². The van der Waals surface area contributed by atoms with E-state index in [9.17, 15) is 14.4 Å². The largest absolute Gasteiger partial charge is 0.475 e. The van der Waals surface area contributed by atoms with Gasteiger partial charge in [0.2, 0.25) is 17.7 Å². The van der Waals surface area contributed by atoms with Gasteiger partial charge in [-0.1, -0.05) is 0 Å². The number of anilines is 2. The number of carboxylic acids is 1. The fraction of sp³-hybridized carbons (Fsp3) is 0.467. The van der Waals surface area contributed by atoms with Crippen molar-refractivity contribution in [1.29, 1.82) is 0 Å². The zero-order valence-electron chi connectivity index (χ0n) is 16.0. The molecule has 1 saturated heterocycles. The van der Waals surface area contributed by atoms with Gasteiger partial charge in [-0.3, -0.25) is 19.4 Å². The summed E-state index contributed by atoms with van der Waals surface area (Å²) in [5.74, 6) is -0.713. The molecule has 0 aromatic carbocycles. The monoisotopic (exact) mass is 406 g/mol. The summed E-state index contributed by atoms with van der Waals surface area (Å²) in [6.45, 7) is 6.07. The van der Waals surface area contributed by atoms with Crippen LogP contribution in [0.25, 0.3) is 11.2 Å². The first kappa shape index (κ1) is 20.1. The Labute approximate surface area is 163 Å². The van der Waals surface area contributed by atoms with Crippen molar-refractivity contribution in [3.63, 3.8) is 0 Å². The van der Waals surface area contributed by atoms with Gasteiger partial charge in [0, 0.05) is 39.8 Å². The second-order valence-electron chi connectivity index (χ2n) is 6.23. The molecule has 3 aromatic heterocycles. The first-order chi connectivity index (χ1) is 13.8. The van der Waals surface area contributed by atoms with Crippen LogP contribution in [0.15, 0.2) is 9.59 Å². The second kappa shape index (κ2) is 8.14. The van der Waals surface area contributed by atoms with Gasteiger partial charge in [0.1, 0.15) is 0 Å². The minimum absolute atomic E-state index is 0.0626. The van der Waals surface area contributed by atoms with E-state index >= 15 is 0 Å². The summed E-state index contributed by atoms with van der Waals surface area (Å²) in [6.07, 6.45) is 0. The number of carboxylic acid groups (broad SMARTS) is 1. The Hall–Kier alpha value is -3.68. The quantitative estimate of drug-likeness (QED) is 0.323. The van der Waals surface area contributed by atoms with Gasteiger partial charge in [-0.25, -0.2) is 9.59 Å². The molecule has 29 heavy (non-hydrogen) atoms. The van der Waals surface area contributed by atoms with Crippen LogP contribution >= 0.6 is 0 Å². The lowest BCUT2D eigenvalue weighted by Crippen LogP contribution is -2.44. The van der Waals surface area contributed by atoms with Crippen LogP contribution in [-0.2, 0) is 13.6 Å². The second-order valence-corrected chi connectivity index (χ2v) is 6.23. The van der Waals surface area contributed by atoms with Gasteiger partial charge >= 0.3 is 11.7 Å². The number of hydrogen-bond donors (Lipinski definition) is 5. The van der Waals surface area contributed by atoms with E-state index in [1.54, 1.807) is 7.05 Å². The van der Waals surface area contributed by atoms with Crippen molar-refractivity contribution < 1.29 is 9.90 Å². The van der Waals surface area contributed by atoms with Crippen molar-refractivity contribution in [1.82, 2.24) is 39.6 Å². The third-order valence-electron chi connectivity index (χ3n) is 4.41. The number of nitrogen functional groups attached to an aromatic ring is 1. The number of imidazole rings is 1. The molecule has 14 nitrogen and oxygen atoms in total.